The van der Waals surface area contributed by atoms with E-state index in [1.165, 1.54) is 43.4 Å². The van der Waals surface area contributed by atoms with Gasteiger partial charge < -0.3 is 10.2 Å². The van der Waals surface area contributed by atoms with Gasteiger partial charge in [0.1, 0.15) is 0 Å². The Hall–Kier alpha value is -1.02. The molecule has 0 aliphatic heterocycles. The van der Waals surface area contributed by atoms with Crippen LogP contribution in [0, 0.1) is 11.8 Å². The van der Waals surface area contributed by atoms with Crippen LogP contribution < -0.4 is 10.2 Å². The topological polar surface area (TPSA) is 15.3 Å². The van der Waals surface area contributed by atoms with Crippen molar-refractivity contribution in [1.82, 2.24) is 5.32 Å². The van der Waals surface area contributed by atoms with Crippen LogP contribution in [0.15, 0.2) is 24.3 Å². The lowest BCUT2D eigenvalue weighted by Gasteiger charge is -2.26. The summed E-state index contributed by atoms with van der Waals surface area (Å²) in [4.78, 5) is 2.14. The lowest BCUT2D eigenvalue weighted by Crippen LogP contribution is -2.20. The van der Waals surface area contributed by atoms with Crippen molar-refractivity contribution >= 4 is 5.69 Å². The van der Waals surface area contributed by atoms with Gasteiger partial charge in [-0.25, -0.2) is 0 Å². The number of nitrogens with one attached hydrogen (secondary N) is 1. The molecule has 2 nitrogen and oxygen atoms in total. The fraction of sp³-hybridized carbons (Fsp3) is 0.667. The van der Waals surface area contributed by atoms with Crippen molar-refractivity contribution in [1.29, 1.82) is 0 Å². The summed E-state index contributed by atoms with van der Waals surface area (Å²) in [6.45, 7) is 4.55. The Morgan fingerprint density at radius 2 is 1.70 bits per heavy atom. The molecule has 0 unspecified atom stereocenters. The van der Waals surface area contributed by atoms with Crippen molar-refractivity contribution in [2.45, 2.75) is 45.6 Å². The molecular formula is C18H30N2. The molecule has 0 atom stereocenters. The van der Waals surface area contributed by atoms with Gasteiger partial charge in [0, 0.05) is 26.3 Å². The number of anilines is 1. The normalized spacial score (nSPS) is 22.8. The monoisotopic (exact) mass is 274 g/mol. The molecule has 0 bridgehead atoms. The molecule has 0 radical (unpaired) electrons. The van der Waals surface area contributed by atoms with E-state index < -0.39 is 0 Å². The Morgan fingerprint density at radius 3 is 2.30 bits per heavy atom. The molecule has 1 aromatic rings. The molecule has 0 saturated heterocycles. The van der Waals surface area contributed by atoms with Gasteiger partial charge in [-0.15, -0.1) is 0 Å². The first-order valence-corrected chi connectivity index (χ1v) is 8.12. The first-order chi connectivity index (χ1) is 9.65. The average molecular weight is 274 g/mol. The van der Waals surface area contributed by atoms with Crippen LogP contribution in [-0.2, 0) is 6.54 Å². The SMILES string of the molecule is CC1CCC(CCNCc2ccc(N(C)C)cc2)CC1. The molecule has 2 rings (SSSR count). The van der Waals surface area contributed by atoms with E-state index in [0.29, 0.717) is 0 Å². The smallest absolute Gasteiger partial charge is 0.0361 e. The fourth-order valence-electron chi connectivity index (χ4n) is 3.07. The second-order valence-corrected chi connectivity index (χ2v) is 6.65. The van der Waals surface area contributed by atoms with Gasteiger partial charge in [0.05, 0.1) is 0 Å². The molecular weight excluding hydrogens is 244 g/mol. The average Bonchev–Trinajstić information content (AvgIpc) is 2.46. The van der Waals surface area contributed by atoms with E-state index in [2.05, 4.69) is 55.5 Å². The Morgan fingerprint density at radius 1 is 1.05 bits per heavy atom. The molecule has 0 spiro atoms. The predicted molar refractivity (Wildman–Crippen MR) is 88.2 cm³/mol. The van der Waals surface area contributed by atoms with Crippen LogP contribution in [0.5, 0.6) is 0 Å². The van der Waals surface area contributed by atoms with E-state index in [1.807, 2.05) is 0 Å². The zero-order valence-corrected chi connectivity index (χ0v) is 13.4. The molecule has 1 aliphatic carbocycles. The highest BCUT2D eigenvalue weighted by Crippen LogP contribution is 2.29. The summed E-state index contributed by atoms with van der Waals surface area (Å²) in [6.07, 6.45) is 7.12. The number of benzene rings is 1. The lowest BCUT2D eigenvalue weighted by atomic mass is 9.81. The lowest BCUT2D eigenvalue weighted by molar-refractivity contribution is 0.275. The van der Waals surface area contributed by atoms with Crippen LogP contribution in [0.4, 0.5) is 5.69 Å². The Kier molecular flexibility index (Phi) is 5.90. The van der Waals surface area contributed by atoms with Crippen LogP contribution in [0.1, 0.15) is 44.6 Å². The van der Waals surface area contributed by atoms with Gasteiger partial charge in [-0.1, -0.05) is 44.7 Å². The summed E-state index contributed by atoms with van der Waals surface area (Å²) in [6, 6.07) is 8.84. The molecule has 1 aliphatic rings. The number of nitrogens with zero attached hydrogens (tertiary/aromatic N) is 1. The maximum atomic E-state index is 3.60. The van der Waals surface area contributed by atoms with Crippen LogP contribution in [-0.4, -0.2) is 20.6 Å². The summed E-state index contributed by atoms with van der Waals surface area (Å²) < 4.78 is 0. The zero-order chi connectivity index (χ0) is 14.4. The highest BCUT2D eigenvalue weighted by Gasteiger charge is 2.17. The van der Waals surface area contributed by atoms with Crippen molar-refractivity contribution in [2.75, 3.05) is 25.5 Å². The van der Waals surface area contributed by atoms with Gasteiger partial charge >= 0.3 is 0 Å². The standard InChI is InChI=1S/C18H30N2/c1-15-4-6-16(7-5-15)12-13-19-14-17-8-10-18(11-9-17)20(2)3/h8-11,15-16,19H,4-7,12-14H2,1-3H3. The predicted octanol–water partition coefficient (Wildman–Crippen LogP) is 4.06. The van der Waals surface area contributed by atoms with E-state index in [-0.39, 0.29) is 0 Å². The van der Waals surface area contributed by atoms with Crippen molar-refractivity contribution < 1.29 is 0 Å². The third-order valence-corrected chi connectivity index (χ3v) is 4.65. The summed E-state index contributed by atoms with van der Waals surface area (Å²) in [5.41, 5.74) is 2.65. The highest BCUT2D eigenvalue weighted by atomic mass is 15.1. The third kappa shape index (κ3) is 4.82. The van der Waals surface area contributed by atoms with Crippen LogP contribution in [0.2, 0.25) is 0 Å². The summed E-state index contributed by atoms with van der Waals surface area (Å²) in [7, 11) is 4.16. The summed E-state index contributed by atoms with van der Waals surface area (Å²) in [5, 5.41) is 3.60. The molecule has 112 valence electrons. The number of hydrogen-bond acceptors (Lipinski definition) is 2. The van der Waals surface area contributed by atoms with Gasteiger partial charge in [-0.2, -0.15) is 0 Å². The van der Waals surface area contributed by atoms with Gasteiger partial charge in [-0.3, -0.25) is 0 Å². The molecule has 2 heteroatoms. The zero-order valence-electron chi connectivity index (χ0n) is 13.4. The van der Waals surface area contributed by atoms with Gasteiger partial charge in [-0.05, 0) is 42.5 Å². The molecule has 0 aromatic heterocycles. The molecule has 1 N–H and O–H groups in total. The Labute approximate surface area is 124 Å². The largest absolute Gasteiger partial charge is 0.378 e. The molecule has 1 fully saturated rings. The maximum Gasteiger partial charge on any atom is 0.0361 e. The van der Waals surface area contributed by atoms with E-state index in [4.69, 9.17) is 0 Å². The van der Waals surface area contributed by atoms with E-state index in [9.17, 15) is 0 Å². The summed E-state index contributed by atoms with van der Waals surface area (Å²) in [5.74, 6) is 1.93. The first-order valence-electron chi connectivity index (χ1n) is 8.12. The molecule has 20 heavy (non-hydrogen) atoms. The van der Waals surface area contributed by atoms with Crippen molar-refractivity contribution in [3.63, 3.8) is 0 Å². The molecule has 1 aromatic carbocycles. The quantitative estimate of drug-likeness (QED) is 0.787. The van der Waals surface area contributed by atoms with Gasteiger partial charge in [0.15, 0.2) is 0 Å². The minimum absolute atomic E-state index is 0.967. The number of hydrogen-bond donors (Lipinski definition) is 1. The minimum atomic E-state index is 0.967. The van der Waals surface area contributed by atoms with Crippen LogP contribution in [0.3, 0.4) is 0 Å². The molecule has 1 saturated carbocycles. The third-order valence-electron chi connectivity index (χ3n) is 4.65. The Balaban J connectivity index is 1.63. The van der Waals surface area contributed by atoms with Crippen molar-refractivity contribution in [2.24, 2.45) is 11.8 Å². The fourth-order valence-corrected chi connectivity index (χ4v) is 3.07. The van der Waals surface area contributed by atoms with E-state index in [0.717, 1.165) is 24.9 Å². The second-order valence-electron chi connectivity index (χ2n) is 6.65. The maximum absolute atomic E-state index is 3.60. The minimum Gasteiger partial charge on any atom is -0.378 e. The van der Waals surface area contributed by atoms with Crippen molar-refractivity contribution in [3.05, 3.63) is 29.8 Å². The second kappa shape index (κ2) is 7.68. The van der Waals surface area contributed by atoms with E-state index >= 15 is 0 Å². The van der Waals surface area contributed by atoms with E-state index in [1.54, 1.807) is 0 Å². The van der Waals surface area contributed by atoms with Gasteiger partial charge in [0.25, 0.3) is 0 Å². The van der Waals surface area contributed by atoms with Crippen molar-refractivity contribution in [3.8, 4) is 0 Å². The Bertz CT molecular complexity index is 375. The summed E-state index contributed by atoms with van der Waals surface area (Å²) >= 11 is 0. The highest BCUT2D eigenvalue weighted by molar-refractivity contribution is 5.45. The molecule has 0 heterocycles. The van der Waals surface area contributed by atoms with Crippen LogP contribution >= 0.6 is 0 Å². The molecule has 0 amide bonds. The van der Waals surface area contributed by atoms with Gasteiger partial charge in [0.2, 0.25) is 0 Å². The van der Waals surface area contributed by atoms with Crippen LogP contribution in [0.25, 0.3) is 0 Å². The first kappa shape index (κ1) is 15.4. The number of rotatable bonds is 6.